The Morgan fingerprint density at radius 3 is 2.60 bits per heavy atom. The summed E-state index contributed by atoms with van der Waals surface area (Å²) in [5, 5.41) is 2.78. The van der Waals surface area contributed by atoms with Crippen molar-refractivity contribution in [3.63, 3.8) is 0 Å². The third-order valence-electron chi connectivity index (χ3n) is 4.51. The molecule has 2 heterocycles. The minimum Gasteiger partial charge on any atom is -0.469 e. The topological polar surface area (TPSA) is 82.6 Å². The van der Waals surface area contributed by atoms with Gasteiger partial charge in [-0.2, -0.15) is 0 Å². The van der Waals surface area contributed by atoms with Gasteiger partial charge in [0.15, 0.2) is 6.29 Å². The Morgan fingerprint density at radius 1 is 1.30 bits per heavy atom. The van der Waals surface area contributed by atoms with Gasteiger partial charge in [-0.3, -0.25) is 4.79 Å². The molecule has 1 aliphatic rings. The van der Waals surface area contributed by atoms with E-state index in [1.54, 1.807) is 6.92 Å². The van der Waals surface area contributed by atoms with Crippen LogP contribution in [0.1, 0.15) is 48.1 Å². The van der Waals surface area contributed by atoms with Crippen LogP contribution in [0.25, 0.3) is 0 Å². The van der Waals surface area contributed by atoms with E-state index in [0.29, 0.717) is 18.8 Å². The molecule has 1 fully saturated rings. The molecule has 1 aromatic carbocycles. The van der Waals surface area contributed by atoms with Crippen LogP contribution in [0, 0.1) is 5.82 Å². The quantitative estimate of drug-likeness (QED) is 0.506. The molecule has 1 aliphatic heterocycles. The first-order valence-corrected chi connectivity index (χ1v) is 9.39. The van der Waals surface area contributed by atoms with Gasteiger partial charge in [0.25, 0.3) is 6.43 Å². The molecule has 0 spiro atoms. The summed E-state index contributed by atoms with van der Waals surface area (Å²) < 4.78 is 56.4. The molecule has 1 N–H and O–H groups in total. The molecule has 0 amide bonds. The zero-order valence-electron chi connectivity index (χ0n) is 16.1. The van der Waals surface area contributed by atoms with Crippen molar-refractivity contribution in [2.24, 2.45) is 0 Å². The molecule has 0 saturated carbocycles. The number of hydrogen-bond donors (Lipinski definition) is 1. The number of rotatable bonds is 7. The maximum absolute atomic E-state index is 14.6. The molecule has 0 bridgehead atoms. The van der Waals surface area contributed by atoms with Gasteiger partial charge in [0.2, 0.25) is 5.28 Å². The van der Waals surface area contributed by atoms with Crippen LogP contribution in [0.3, 0.4) is 0 Å². The van der Waals surface area contributed by atoms with E-state index in [1.165, 1.54) is 19.2 Å². The summed E-state index contributed by atoms with van der Waals surface area (Å²) in [4.78, 5) is 20.0. The number of esters is 1. The Morgan fingerprint density at radius 2 is 1.97 bits per heavy atom. The van der Waals surface area contributed by atoms with Gasteiger partial charge in [-0.1, -0.05) is 18.2 Å². The number of ether oxygens (including phenoxy) is 3. The fourth-order valence-corrected chi connectivity index (χ4v) is 3.25. The smallest absolute Gasteiger partial charge is 0.311 e. The first kappa shape index (κ1) is 22.3. The Bertz CT molecular complexity index is 926. The number of aromatic nitrogens is 2. The summed E-state index contributed by atoms with van der Waals surface area (Å²) in [6.45, 7) is 2.19. The summed E-state index contributed by atoms with van der Waals surface area (Å²) in [5.74, 6) is -1.45. The maximum Gasteiger partial charge on any atom is 0.311 e. The molecular weight excluding hydrogens is 427 g/mol. The van der Waals surface area contributed by atoms with E-state index in [-0.39, 0.29) is 28.8 Å². The van der Waals surface area contributed by atoms with Crippen LogP contribution in [0.15, 0.2) is 18.2 Å². The molecule has 1 saturated heterocycles. The van der Waals surface area contributed by atoms with E-state index in [9.17, 15) is 18.0 Å². The van der Waals surface area contributed by atoms with Crippen molar-refractivity contribution in [1.29, 1.82) is 0 Å². The van der Waals surface area contributed by atoms with Crippen LogP contribution in [-0.4, -0.2) is 36.3 Å². The van der Waals surface area contributed by atoms with E-state index in [0.717, 1.165) is 6.07 Å². The molecule has 30 heavy (non-hydrogen) atoms. The number of carbonyl (C=O) groups is 1. The minimum absolute atomic E-state index is 0.0104. The van der Waals surface area contributed by atoms with E-state index in [4.69, 9.17) is 21.1 Å². The Labute approximate surface area is 175 Å². The maximum atomic E-state index is 14.6. The average Bonchev–Trinajstić information content (AvgIpc) is 3.21. The minimum atomic E-state index is -2.95. The van der Waals surface area contributed by atoms with E-state index in [2.05, 4.69) is 20.0 Å². The molecule has 3 rings (SSSR count). The molecule has 11 heteroatoms. The normalized spacial score (nSPS) is 15.4. The Hall–Kier alpha value is -2.43. The lowest BCUT2D eigenvalue weighted by Crippen LogP contribution is -2.18. The number of alkyl halides is 2. The Kier molecular flexibility index (Phi) is 7.11. The third kappa shape index (κ3) is 4.82. The highest BCUT2D eigenvalue weighted by Gasteiger charge is 2.30. The highest BCUT2D eigenvalue weighted by molar-refractivity contribution is 6.28. The van der Waals surface area contributed by atoms with Crippen molar-refractivity contribution in [2.45, 2.75) is 32.1 Å². The highest BCUT2D eigenvalue weighted by Crippen LogP contribution is 2.35. The largest absolute Gasteiger partial charge is 0.469 e. The molecule has 162 valence electrons. The lowest BCUT2D eigenvalue weighted by Gasteiger charge is -2.22. The fourth-order valence-electron chi connectivity index (χ4n) is 3.07. The fraction of sp³-hybridized carbons (Fsp3) is 0.421. The molecule has 1 aromatic heterocycles. The van der Waals surface area contributed by atoms with Crippen LogP contribution < -0.4 is 5.32 Å². The number of halogens is 4. The number of benzene rings is 1. The third-order valence-corrected chi connectivity index (χ3v) is 4.68. The molecule has 0 radical (unpaired) electrons. The van der Waals surface area contributed by atoms with Gasteiger partial charge in [0, 0.05) is 5.56 Å². The molecule has 0 aliphatic carbocycles. The van der Waals surface area contributed by atoms with Gasteiger partial charge in [0.1, 0.15) is 11.6 Å². The van der Waals surface area contributed by atoms with Crippen molar-refractivity contribution >= 4 is 23.4 Å². The molecule has 2 aromatic rings. The highest BCUT2D eigenvalue weighted by atomic mass is 35.5. The van der Waals surface area contributed by atoms with Crippen LogP contribution in [0.2, 0.25) is 5.28 Å². The van der Waals surface area contributed by atoms with Gasteiger partial charge in [-0.05, 0) is 18.5 Å². The summed E-state index contributed by atoms with van der Waals surface area (Å²) in [6.07, 6.45) is -4.06. The number of carbonyl (C=O) groups excluding carboxylic acids is 1. The SMILES string of the molecule is COC(=O)Cc1nc(Cl)nc(N[C@H](C)c2cccc(C(F)F)c2F)c1C1OCCO1. The second-order valence-electron chi connectivity index (χ2n) is 6.45. The van der Waals surface area contributed by atoms with Gasteiger partial charge in [-0.15, -0.1) is 0 Å². The van der Waals surface area contributed by atoms with Crippen LogP contribution in [0.5, 0.6) is 0 Å². The number of anilines is 1. The number of methoxy groups -OCH3 is 1. The zero-order chi connectivity index (χ0) is 21.8. The predicted molar refractivity (Wildman–Crippen MR) is 101 cm³/mol. The second-order valence-corrected chi connectivity index (χ2v) is 6.78. The summed E-state index contributed by atoms with van der Waals surface area (Å²) in [6, 6.07) is 2.98. The first-order valence-electron chi connectivity index (χ1n) is 9.01. The molecule has 7 nitrogen and oxygen atoms in total. The van der Waals surface area contributed by atoms with Crippen LogP contribution in [-0.2, 0) is 25.4 Å². The van der Waals surface area contributed by atoms with Crippen molar-refractivity contribution in [2.75, 3.05) is 25.6 Å². The van der Waals surface area contributed by atoms with Gasteiger partial charge in [-0.25, -0.2) is 23.1 Å². The first-order chi connectivity index (χ1) is 14.3. The van der Waals surface area contributed by atoms with Gasteiger partial charge in [0.05, 0.1) is 49.6 Å². The lowest BCUT2D eigenvalue weighted by atomic mass is 10.0. The van der Waals surface area contributed by atoms with E-state index in [1.807, 2.05) is 0 Å². The summed E-state index contributed by atoms with van der Waals surface area (Å²) in [7, 11) is 1.23. The average molecular weight is 446 g/mol. The number of nitrogens with zero attached hydrogens (tertiary/aromatic N) is 2. The second kappa shape index (κ2) is 9.59. The standard InChI is InChI=1S/C19H19ClF3N3O4/c1-9(10-4-3-5-11(15(10)21)16(22)23)24-17-14(18-29-6-7-30-18)12(8-13(27)28-2)25-19(20)26-17/h3-5,9,16,18H,6-8H2,1-2H3,(H,24,25,26)/t9-/m1/s1. The van der Waals surface area contributed by atoms with Crippen molar-refractivity contribution < 1.29 is 32.2 Å². The Balaban J connectivity index is 2.00. The lowest BCUT2D eigenvalue weighted by molar-refractivity contribution is -0.139. The summed E-state index contributed by atoms with van der Waals surface area (Å²) in [5.41, 5.74) is -0.169. The zero-order valence-corrected chi connectivity index (χ0v) is 16.9. The van der Waals surface area contributed by atoms with E-state index < -0.39 is 36.1 Å². The summed E-state index contributed by atoms with van der Waals surface area (Å²) >= 11 is 6.01. The molecular formula is C19H19ClF3N3O4. The van der Waals surface area contributed by atoms with Crippen molar-refractivity contribution in [1.82, 2.24) is 9.97 Å². The van der Waals surface area contributed by atoms with Crippen molar-refractivity contribution in [3.8, 4) is 0 Å². The molecule has 1 atom stereocenters. The van der Waals surface area contributed by atoms with Crippen LogP contribution >= 0.6 is 11.6 Å². The monoisotopic (exact) mass is 445 g/mol. The number of nitrogens with one attached hydrogen (secondary N) is 1. The van der Waals surface area contributed by atoms with E-state index >= 15 is 0 Å². The molecule has 0 unspecified atom stereocenters. The van der Waals surface area contributed by atoms with Crippen molar-refractivity contribution in [3.05, 3.63) is 51.7 Å². The van der Waals surface area contributed by atoms with Gasteiger partial charge >= 0.3 is 5.97 Å². The predicted octanol–water partition coefficient (Wildman–Crippen LogP) is 4.14. The number of hydrogen-bond acceptors (Lipinski definition) is 7. The van der Waals surface area contributed by atoms with Crippen LogP contribution in [0.4, 0.5) is 19.0 Å². The van der Waals surface area contributed by atoms with Gasteiger partial charge < -0.3 is 19.5 Å².